The molecule has 8 nitrogen and oxygen atoms in total. The van der Waals surface area contributed by atoms with Gasteiger partial charge in [0.05, 0.1) is 5.75 Å². The van der Waals surface area contributed by atoms with Crippen LogP contribution in [0.4, 0.5) is 0 Å². The number of hydrogen-bond acceptors (Lipinski definition) is 5. The maximum absolute atomic E-state index is 12.7. The second kappa shape index (κ2) is 7.92. The Morgan fingerprint density at radius 3 is 2.07 bits per heavy atom. The molecule has 1 amide bonds. The van der Waals surface area contributed by atoms with Crippen LogP contribution in [-0.2, 0) is 18.9 Å². The Balaban J connectivity index is 2.51. The molecule has 0 fully saturated rings. The average Bonchev–Trinajstić information content (AvgIpc) is 2.95. The van der Waals surface area contributed by atoms with Gasteiger partial charge in [-0.3, -0.25) is 18.7 Å². The molecule has 0 radical (unpaired) electrons. The first kappa shape index (κ1) is 21.3. The number of rotatable bonds is 6. The van der Waals surface area contributed by atoms with Crippen LogP contribution in [-0.4, -0.2) is 47.3 Å². The van der Waals surface area contributed by atoms with Gasteiger partial charge in [0.25, 0.3) is 5.56 Å². The van der Waals surface area contributed by atoms with Gasteiger partial charge in [0, 0.05) is 32.2 Å². The lowest BCUT2D eigenvalue weighted by molar-refractivity contribution is -0.131. The zero-order valence-corrected chi connectivity index (χ0v) is 18.1. The Morgan fingerprint density at radius 1 is 1.04 bits per heavy atom. The smallest absolute Gasteiger partial charge is 0.332 e. The lowest BCUT2D eigenvalue weighted by atomic mass is 10.2. The van der Waals surface area contributed by atoms with E-state index >= 15 is 0 Å². The van der Waals surface area contributed by atoms with Crippen LogP contribution in [0.1, 0.15) is 47.6 Å². The largest absolute Gasteiger partial charge is 0.337 e. The molecule has 0 saturated carbocycles. The number of nitrogens with zero attached hydrogens (tertiary/aromatic N) is 5. The van der Waals surface area contributed by atoms with Gasteiger partial charge in [0.2, 0.25) is 5.91 Å². The SMILES string of the molecule is CC(C)N(C(=O)CSc1nc2c(c(=O)n(C)c(=O)n2C)n1C(C)C)C(C)C. The van der Waals surface area contributed by atoms with Crippen LogP contribution in [0.25, 0.3) is 11.2 Å². The fourth-order valence-electron chi connectivity index (χ4n) is 3.35. The molecule has 0 unspecified atom stereocenters. The second-order valence-electron chi connectivity index (χ2n) is 7.51. The average molecular weight is 396 g/mol. The molecule has 2 aromatic heterocycles. The normalized spacial score (nSPS) is 12.0. The van der Waals surface area contributed by atoms with E-state index in [9.17, 15) is 14.4 Å². The van der Waals surface area contributed by atoms with Crippen LogP contribution in [0, 0.1) is 0 Å². The molecule has 0 aliphatic heterocycles. The van der Waals surface area contributed by atoms with Crippen LogP contribution in [0.3, 0.4) is 0 Å². The highest BCUT2D eigenvalue weighted by atomic mass is 32.2. The summed E-state index contributed by atoms with van der Waals surface area (Å²) in [7, 11) is 3.06. The van der Waals surface area contributed by atoms with Crippen LogP contribution >= 0.6 is 11.8 Å². The van der Waals surface area contributed by atoms with Crippen molar-refractivity contribution in [2.45, 2.75) is 64.8 Å². The number of imidazole rings is 1. The summed E-state index contributed by atoms with van der Waals surface area (Å²) in [5.74, 6) is 0.245. The van der Waals surface area contributed by atoms with Crippen molar-refractivity contribution in [2.24, 2.45) is 14.1 Å². The Kier molecular flexibility index (Phi) is 6.24. The van der Waals surface area contributed by atoms with E-state index in [-0.39, 0.29) is 35.3 Å². The summed E-state index contributed by atoms with van der Waals surface area (Å²) in [4.78, 5) is 43.9. The molecular weight excluding hydrogens is 366 g/mol. The van der Waals surface area contributed by atoms with Gasteiger partial charge in [0.15, 0.2) is 16.3 Å². The fraction of sp³-hybridized carbons (Fsp3) is 0.667. The number of hydrogen-bond donors (Lipinski definition) is 0. The first-order chi connectivity index (χ1) is 12.5. The summed E-state index contributed by atoms with van der Waals surface area (Å²) in [6, 6.07) is 0.175. The number of thioether (sulfide) groups is 1. The predicted octanol–water partition coefficient (Wildman–Crippen LogP) is 1.75. The summed E-state index contributed by atoms with van der Waals surface area (Å²) in [5, 5.41) is 0.569. The number of aryl methyl sites for hydroxylation is 1. The molecule has 2 rings (SSSR count). The molecule has 0 bridgehead atoms. The first-order valence-corrected chi connectivity index (χ1v) is 10.1. The van der Waals surface area contributed by atoms with Gasteiger partial charge in [-0.1, -0.05) is 11.8 Å². The van der Waals surface area contributed by atoms with Gasteiger partial charge in [-0.15, -0.1) is 0 Å². The first-order valence-electron chi connectivity index (χ1n) is 9.10. The maximum Gasteiger partial charge on any atom is 0.332 e. The van der Waals surface area contributed by atoms with Crippen molar-refractivity contribution < 1.29 is 4.79 Å². The Hall–Kier alpha value is -2.03. The minimum absolute atomic E-state index is 0.0224. The number of carbonyl (C=O) groups is 1. The minimum atomic E-state index is -0.417. The molecule has 9 heteroatoms. The van der Waals surface area contributed by atoms with Crippen molar-refractivity contribution in [2.75, 3.05) is 5.75 Å². The monoisotopic (exact) mass is 395 g/mol. The Morgan fingerprint density at radius 2 is 1.59 bits per heavy atom. The number of aromatic nitrogens is 4. The molecule has 0 aromatic carbocycles. The van der Waals surface area contributed by atoms with Gasteiger partial charge in [-0.25, -0.2) is 9.78 Å². The van der Waals surface area contributed by atoms with Crippen LogP contribution < -0.4 is 11.2 Å². The molecule has 0 N–H and O–H groups in total. The predicted molar refractivity (Wildman–Crippen MR) is 108 cm³/mol. The minimum Gasteiger partial charge on any atom is -0.337 e. The highest BCUT2D eigenvalue weighted by molar-refractivity contribution is 7.99. The van der Waals surface area contributed by atoms with E-state index in [0.717, 1.165) is 4.57 Å². The Labute approximate surface area is 163 Å². The fourth-order valence-corrected chi connectivity index (χ4v) is 4.34. The molecule has 2 aromatic rings. The lowest BCUT2D eigenvalue weighted by Crippen LogP contribution is -2.43. The molecule has 0 aliphatic rings. The maximum atomic E-state index is 12.7. The third-order valence-corrected chi connectivity index (χ3v) is 5.44. The standard InChI is InChI=1S/C18H29N5O3S/c1-10(2)22(11(3)4)13(24)9-27-17-19-15-14(23(17)12(5)6)16(25)21(8)18(26)20(15)7/h10-12H,9H2,1-8H3. The van der Waals surface area contributed by atoms with Gasteiger partial charge < -0.3 is 9.47 Å². The number of carbonyl (C=O) groups excluding carboxylic acids is 1. The van der Waals surface area contributed by atoms with Crippen molar-refractivity contribution in [1.29, 1.82) is 0 Å². The molecule has 27 heavy (non-hydrogen) atoms. The van der Waals surface area contributed by atoms with Crippen molar-refractivity contribution in [3.63, 3.8) is 0 Å². The van der Waals surface area contributed by atoms with Gasteiger partial charge in [-0.2, -0.15) is 0 Å². The van der Waals surface area contributed by atoms with E-state index in [1.807, 2.05) is 51.0 Å². The zero-order valence-electron chi connectivity index (χ0n) is 17.3. The topological polar surface area (TPSA) is 82.1 Å². The summed E-state index contributed by atoms with van der Waals surface area (Å²) < 4.78 is 4.27. The summed E-state index contributed by atoms with van der Waals surface area (Å²) in [5.41, 5.74) is -0.0664. The van der Waals surface area contributed by atoms with Crippen molar-refractivity contribution >= 4 is 28.8 Å². The molecule has 0 spiro atoms. The zero-order chi connectivity index (χ0) is 20.6. The van der Waals surface area contributed by atoms with Crippen LogP contribution in [0.15, 0.2) is 14.7 Å². The van der Waals surface area contributed by atoms with E-state index < -0.39 is 5.69 Å². The van der Waals surface area contributed by atoms with Gasteiger partial charge in [0.1, 0.15) is 0 Å². The molecule has 0 atom stereocenters. The van der Waals surface area contributed by atoms with Crippen molar-refractivity contribution in [3.05, 3.63) is 20.8 Å². The molecule has 0 saturated heterocycles. The summed E-state index contributed by atoms with van der Waals surface area (Å²) in [6.07, 6.45) is 0. The number of fused-ring (bicyclic) bond motifs is 1. The number of amides is 1. The van der Waals surface area contributed by atoms with E-state index in [0.29, 0.717) is 16.3 Å². The van der Waals surface area contributed by atoms with E-state index in [2.05, 4.69) is 4.98 Å². The van der Waals surface area contributed by atoms with Crippen molar-refractivity contribution in [3.8, 4) is 0 Å². The van der Waals surface area contributed by atoms with Gasteiger partial charge in [-0.05, 0) is 41.5 Å². The third kappa shape index (κ3) is 3.83. The van der Waals surface area contributed by atoms with E-state index in [1.165, 1.54) is 23.4 Å². The quantitative estimate of drug-likeness (QED) is 0.696. The lowest BCUT2D eigenvalue weighted by Gasteiger charge is -2.30. The van der Waals surface area contributed by atoms with E-state index in [4.69, 9.17) is 0 Å². The van der Waals surface area contributed by atoms with Crippen molar-refractivity contribution in [1.82, 2.24) is 23.6 Å². The second-order valence-corrected chi connectivity index (χ2v) is 8.46. The van der Waals surface area contributed by atoms with E-state index in [1.54, 1.807) is 7.05 Å². The highest BCUT2D eigenvalue weighted by Gasteiger charge is 2.24. The Bertz CT molecular complexity index is 960. The van der Waals surface area contributed by atoms with Gasteiger partial charge >= 0.3 is 5.69 Å². The molecular formula is C18H29N5O3S. The molecule has 150 valence electrons. The van der Waals surface area contributed by atoms with Crippen LogP contribution in [0.2, 0.25) is 0 Å². The third-order valence-electron chi connectivity index (χ3n) is 4.50. The summed E-state index contributed by atoms with van der Waals surface area (Å²) in [6.45, 7) is 11.9. The highest BCUT2D eigenvalue weighted by Crippen LogP contribution is 2.26. The van der Waals surface area contributed by atoms with Crippen LogP contribution in [0.5, 0.6) is 0 Å². The summed E-state index contributed by atoms with van der Waals surface area (Å²) >= 11 is 1.30. The molecule has 2 heterocycles. The molecule has 0 aliphatic carbocycles.